The molecule has 1 heterocycles. The number of methoxy groups -OCH3 is 1. The molecule has 100 valence electrons. The first-order valence-corrected chi connectivity index (χ1v) is 6.58. The summed E-state index contributed by atoms with van der Waals surface area (Å²) in [6.07, 6.45) is -0.313. The third kappa shape index (κ3) is 4.46. The zero-order chi connectivity index (χ0) is 13.4. The molecule has 0 fully saturated rings. The third-order valence-corrected chi connectivity index (χ3v) is 3.09. The average molecular weight is 271 g/mol. The lowest BCUT2D eigenvalue weighted by Crippen LogP contribution is -2.38. The summed E-state index contributed by atoms with van der Waals surface area (Å²) in [7, 11) is 1.56. The van der Waals surface area contributed by atoms with Crippen molar-refractivity contribution in [3.8, 4) is 0 Å². The molecule has 0 aromatic carbocycles. The van der Waals surface area contributed by atoms with Crippen LogP contribution in [0.1, 0.15) is 23.0 Å². The molecule has 0 unspecified atom stereocenters. The molecule has 1 aromatic rings. The molecule has 1 N–H and O–H groups in total. The first-order chi connectivity index (χ1) is 8.69. The van der Waals surface area contributed by atoms with Gasteiger partial charge in [-0.1, -0.05) is 13.0 Å². The number of esters is 1. The molecule has 0 saturated carbocycles. The number of carbonyl (C=O) groups is 2. The minimum atomic E-state index is -0.753. The fourth-order valence-corrected chi connectivity index (χ4v) is 1.90. The summed E-state index contributed by atoms with van der Waals surface area (Å²) in [5.74, 6) is -0.752. The Bertz CT molecular complexity index is 377. The molecule has 1 rings (SSSR count). The van der Waals surface area contributed by atoms with E-state index in [2.05, 4.69) is 5.32 Å². The van der Waals surface area contributed by atoms with Crippen LogP contribution in [-0.4, -0.2) is 38.2 Å². The van der Waals surface area contributed by atoms with Crippen LogP contribution < -0.4 is 5.32 Å². The van der Waals surface area contributed by atoms with Crippen LogP contribution in [0.15, 0.2) is 17.5 Å². The fourth-order valence-electron chi connectivity index (χ4n) is 1.29. The number of carbonyl (C=O) groups excluding carboxylic acids is 2. The third-order valence-electron chi connectivity index (χ3n) is 2.24. The lowest BCUT2D eigenvalue weighted by molar-refractivity contribution is -0.130. The van der Waals surface area contributed by atoms with E-state index in [4.69, 9.17) is 9.47 Å². The van der Waals surface area contributed by atoms with Crippen LogP contribution in [-0.2, 0) is 14.3 Å². The normalized spacial score (nSPS) is 11.9. The van der Waals surface area contributed by atoms with Crippen LogP contribution in [0.4, 0.5) is 0 Å². The predicted octanol–water partition coefficient (Wildman–Crippen LogP) is 1.45. The zero-order valence-electron chi connectivity index (χ0n) is 10.5. The van der Waals surface area contributed by atoms with Gasteiger partial charge in [-0.05, 0) is 17.9 Å². The summed E-state index contributed by atoms with van der Waals surface area (Å²) in [5.41, 5.74) is 0. The van der Waals surface area contributed by atoms with E-state index >= 15 is 0 Å². The van der Waals surface area contributed by atoms with Crippen molar-refractivity contribution in [3.63, 3.8) is 0 Å². The topological polar surface area (TPSA) is 64.6 Å². The Labute approximate surface area is 110 Å². The number of thiophene rings is 1. The van der Waals surface area contributed by atoms with Gasteiger partial charge >= 0.3 is 5.97 Å². The van der Waals surface area contributed by atoms with Crippen LogP contribution in [0, 0.1) is 0 Å². The lowest BCUT2D eigenvalue weighted by Gasteiger charge is -2.15. The van der Waals surface area contributed by atoms with Gasteiger partial charge in [0.25, 0.3) is 5.91 Å². The number of rotatable bonds is 7. The van der Waals surface area contributed by atoms with Crippen molar-refractivity contribution >= 4 is 23.2 Å². The van der Waals surface area contributed by atoms with Crippen LogP contribution in [0.3, 0.4) is 0 Å². The van der Waals surface area contributed by atoms with Crippen molar-refractivity contribution in [2.24, 2.45) is 0 Å². The Kier molecular flexibility index (Phi) is 6.38. The first kappa shape index (κ1) is 14.7. The maximum absolute atomic E-state index is 11.7. The van der Waals surface area contributed by atoms with Gasteiger partial charge in [-0.3, -0.25) is 4.79 Å². The molecule has 1 aromatic heterocycles. The standard InChI is InChI=1S/C12H17NO4S/c1-3-9(11(14)13-6-7-16-2)17-12(15)10-5-4-8-18-10/h4-5,8-9H,3,6-7H2,1-2H3,(H,13,14)/t9-/m0/s1. The van der Waals surface area contributed by atoms with Crippen LogP contribution >= 0.6 is 11.3 Å². The van der Waals surface area contributed by atoms with E-state index in [1.54, 1.807) is 31.5 Å². The molecule has 0 bridgehead atoms. The molecular weight excluding hydrogens is 254 g/mol. The molecule has 0 aliphatic carbocycles. The fraction of sp³-hybridized carbons (Fsp3) is 0.500. The maximum Gasteiger partial charge on any atom is 0.349 e. The Balaban J connectivity index is 2.46. The van der Waals surface area contributed by atoms with Crippen molar-refractivity contribution < 1.29 is 19.1 Å². The molecule has 0 aliphatic rings. The van der Waals surface area contributed by atoms with E-state index in [-0.39, 0.29) is 5.91 Å². The molecule has 6 heteroatoms. The molecule has 0 saturated heterocycles. The Morgan fingerprint density at radius 3 is 2.83 bits per heavy atom. The minimum absolute atomic E-state index is 0.292. The van der Waals surface area contributed by atoms with Gasteiger partial charge in [-0.15, -0.1) is 11.3 Å². The highest BCUT2D eigenvalue weighted by Crippen LogP contribution is 2.12. The second-order valence-corrected chi connectivity index (χ2v) is 4.51. The van der Waals surface area contributed by atoms with Gasteiger partial charge in [-0.25, -0.2) is 4.79 Å². The van der Waals surface area contributed by atoms with Crippen molar-refractivity contribution in [2.75, 3.05) is 20.3 Å². The van der Waals surface area contributed by atoms with Crippen LogP contribution in [0.5, 0.6) is 0 Å². The van der Waals surface area contributed by atoms with E-state index < -0.39 is 12.1 Å². The Morgan fingerprint density at radius 1 is 1.50 bits per heavy atom. The molecule has 0 spiro atoms. The summed E-state index contributed by atoms with van der Waals surface area (Å²) in [6.45, 7) is 2.63. The van der Waals surface area contributed by atoms with Gasteiger partial charge in [0.05, 0.1) is 6.61 Å². The summed E-state index contributed by atoms with van der Waals surface area (Å²) < 4.78 is 9.98. The van der Waals surface area contributed by atoms with E-state index in [0.717, 1.165) is 0 Å². The van der Waals surface area contributed by atoms with E-state index in [0.29, 0.717) is 24.4 Å². The first-order valence-electron chi connectivity index (χ1n) is 5.70. The Morgan fingerprint density at radius 2 is 2.28 bits per heavy atom. The number of hydrogen-bond donors (Lipinski definition) is 1. The highest BCUT2D eigenvalue weighted by molar-refractivity contribution is 7.11. The van der Waals surface area contributed by atoms with Crippen molar-refractivity contribution in [1.29, 1.82) is 0 Å². The lowest BCUT2D eigenvalue weighted by atomic mass is 10.2. The maximum atomic E-state index is 11.7. The molecule has 1 atom stereocenters. The largest absolute Gasteiger partial charge is 0.448 e. The number of hydrogen-bond acceptors (Lipinski definition) is 5. The van der Waals surface area contributed by atoms with Gasteiger partial charge in [0.1, 0.15) is 4.88 Å². The van der Waals surface area contributed by atoms with Crippen LogP contribution in [0.25, 0.3) is 0 Å². The minimum Gasteiger partial charge on any atom is -0.448 e. The summed E-state index contributed by atoms with van der Waals surface area (Å²) >= 11 is 1.29. The second kappa shape index (κ2) is 7.84. The highest BCUT2D eigenvalue weighted by atomic mass is 32.1. The van der Waals surface area contributed by atoms with E-state index in [9.17, 15) is 9.59 Å². The molecule has 5 nitrogen and oxygen atoms in total. The Hall–Kier alpha value is -1.40. The van der Waals surface area contributed by atoms with Gasteiger partial charge in [0, 0.05) is 13.7 Å². The summed E-state index contributed by atoms with van der Waals surface area (Å²) in [5, 5.41) is 4.44. The second-order valence-electron chi connectivity index (χ2n) is 3.56. The number of amides is 1. The monoisotopic (exact) mass is 271 g/mol. The van der Waals surface area contributed by atoms with Crippen molar-refractivity contribution in [2.45, 2.75) is 19.4 Å². The van der Waals surface area contributed by atoms with Gasteiger partial charge in [-0.2, -0.15) is 0 Å². The van der Waals surface area contributed by atoms with Crippen molar-refractivity contribution in [3.05, 3.63) is 22.4 Å². The molecular formula is C12H17NO4S. The van der Waals surface area contributed by atoms with Gasteiger partial charge in [0.2, 0.25) is 0 Å². The van der Waals surface area contributed by atoms with E-state index in [1.807, 2.05) is 0 Å². The molecule has 1 amide bonds. The zero-order valence-corrected chi connectivity index (χ0v) is 11.3. The highest BCUT2D eigenvalue weighted by Gasteiger charge is 2.21. The molecule has 0 radical (unpaired) electrons. The van der Waals surface area contributed by atoms with Gasteiger partial charge in [0.15, 0.2) is 6.10 Å². The SMILES string of the molecule is CC[C@H](OC(=O)c1cccs1)C(=O)NCCOC. The molecule has 0 aliphatic heterocycles. The summed E-state index contributed by atoms with van der Waals surface area (Å²) in [6, 6.07) is 3.43. The van der Waals surface area contributed by atoms with Crippen molar-refractivity contribution in [1.82, 2.24) is 5.32 Å². The average Bonchev–Trinajstić information content (AvgIpc) is 2.89. The smallest absolute Gasteiger partial charge is 0.349 e. The summed E-state index contributed by atoms with van der Waals surface area (Å²) in [4.78, 5) is 23.9. The molecule has 18 heavy (non-hydrogen) atoms. The quantitative estimate of drug-likeness (QED) is 0.602. The van der Waals surface area contributed by atoms with E-state index in [1.165, 1.54) is 11.3 Å². The van der Waals surface area contributed by atoms with Gasteiger partial charge < -0.3 is 14.8 Å². The van der Waals surface area contributed by atoms with Crippen LogP contribution in [0.2, 0.25) is 0 Å². The number of ether oxygens (including phenoxy) is 2. The predicted molar refractivity (Wildman–Crippen MR) is 68.7 cm³/mol. The number of nitrogens with one attached hydrogen (secondary N) is 1.